The van der Waals surface area contributed by atoms with Gasteiger partial charge in [0.2, 0.25) is 0 Å². The minimum Gasteiger partial charge on any atom is -0.497 e. The fourth-order valence-corrected chi connectivity index (χ4v) is 3.43. The third kappa shape index (κ3) is 4.32. The van der Waals surface area contributed by atoms with Gasteiger partial charge in [0.1, 0.15) is 16.3 Å². The van der Waals surface area contributed by atoms with Crippen LogP contribution in [0.1, 0.15) is 27.1 Å². The number of nitrogens with zero attached hydrogens (tertiary/aromatic N) is 1. The van der Waals surface area contributed by atoms with Crippen LogP contribution in [-0.2, 0) is 4.74 Å². The smallest absolute Gasteiger partial charge is 0.350 e. The Morgan fingerprint density at radius 1 is 1.15 bits per heavy atom. The molecule has 0 aliphatic heterocycles. The second-order valence-electron chi connectivity index (χ2n) is 5.47. The molecule has 0 saturated heterocycles. The van der Waals surface area contributed by atoms with E-state index in [-0.39, 0.29) is 18.2 Å². The van der Waals surface area contributed by atoms with Crippen LogP contribution < -0.4 is 10.1 Å². The molecule has 0 radical (unpaired) electrons. The fourth-order valence-electron chi connectivity index (χ4n) is 2.41. The standard InChI is InChI=1S/C20H18N2O4S/c1-3-26-20(24)18-16(22-19(23)15-6-4-5-11-21-15)12-17(27-18)13-7-9-14(25-2)10-8-13/h4-12H,3H2,1-2H3,(H,22,23). The number of pyridine rings is 1. The number of ether oxygens (including phenoxy) is 2. The van der Waals surface area contributed by atoms with Crippen LogP contribution in [0.25, 0.3) is 10.4 Å². The number of esters is 1. The molecule has 0 aliphatic carbocycles. The number of hydrogen-bond acceptors (Lipinski definition) is 6. The molecule has 3 aromatic rings. The van der Waals surface area contributed by atoms with Crippen LogP contribution in [0.2, 0.25) is 0 Å². The van der Waals surface area contributed by atoms with Crippen molar-refractivity contribution in [2.24, 2.45) is 0 Å². The largest absolute Gasteiger partial charge is 0.497 e. The lowest BCUT2D eigenvalue weighted by Gasteiger charge is -2.05. The molecule has 27 heavy (non-hydrogen) atoms. The minimum atomic E-state index is -0.474. The van der Waals surface area contributed by atoms with Gasteiger partial charge in [-0.3, -0.25) is 9.78 Å². The first-order valence-electron chi connectivity index (χ1n) is 8.30. The number of aromatic nitrogens is 1. The van der Waals surface area contributed by atoms with Crippen LogP contribution in [0, 0.1) is 0 Å². The molecule has 1 aromatic carbocycles. The van der Waals surface area contributed by atoms with Gasteiger partial charge in [-0.25, -0.2) is 4.79 Å². The molecule has 0 spiro atoms. The van der Waals surface area contributed by atoms with Gasteiger partial charge in [-0.05, 0) is 55.0 Å². The van der Waals surface area contributed by atoms with Gasteiger partial charge in [-0.2, -0.15) is 0 Å². The molecule has 138 valence electrons. The zero-order valence-electron chi connectivity index (χ0n) is 14.9. The number of nitrogens with one attached hydrogen (secondary N) is 1. The lowest BCUT2D eigenvalue weighted by atomic mass is 10.2. The molecule has 7 heteroatoms. The van der Waals surface area contributed by atoms with Crippen molar-refractivity contribution in [1.82, 2.24) is 4.98 Å². The summed E-state index contributed by atoms with van der Waals surface area (Å²) in [5.41, 5.74) is 1.58. The van der Waals surface area contributed by atoms with E-state index >= 15 is 0 Å². The van der Waals surface area contributed by atoms with E-state index in [0.717, 1.165) is 16.2 Å². The molecule has 0 saturated carbocycles. The van der Waals surface area contributed by atoms with Gasteiger partial charge in [0.25, 0.3) is 5.91 Å². The Bertz CT molecular complexity index is 936. The molecule has 3 rings (SSSR count). The van der Waals surface area contributed by atoms with Crippen LogP contribution >= 0.6 is 11.3 Å². The number of methoxy groups -OCH3 is 1. The van der Waals surface area contributed by atoms with Gasteiger partial charge < -0.3 is 14.8 Å². The molecule has 0 unspecified atom stereocenters. The average molecular weight is 382 g/mol. The third-order valence-electron chi connectivity index (χ3n) is 3.71. The van der Waals surface area contributed by atoms with E-state index in [1.54, 1.807) is 38.3 Å². The van der Waals surface area contributed by atoms with E-state index in [1.165, 1.54) is 17.5 Å². The topological polar surface area (TPSA) is 77.5 Å². The Kier molecular flexibility index (Phi) is 5.83. The van der Waals surface area contributed by atoms with E-state index in [2.05, 4.69) is 10.3 Å². The highest BCUT2D eigenvalue weighted by atomic mass is 32.1. The number of rotatable bonds is 6. The summed E-state index contributed by atoms with van der Waals surface area (Å²) in [7, 11) is 1.60. The molecular weight excluding hydrogens is 364 g/mol. The summed E-state index contributed by atoms with van der Waals surface area (Å²) in [5, 5.41) is 2.76. The SMILES string of the molecule is CCOC(=O)c1sc(-c2ccc(OC)cc2)cc1NC(=O)c1ccccn1. The van der Waals surface area contributed by atoms with Crippen LogP contribution in [-0.4, -0.2) is 30.6 Å². The number of hydrogen-bond donors (Lipinski definition) is 1. The van der Waals surface area contributed by atoms with E-state index in [4.69, 9.17) is 9.47 Å². The zero-order chi connectivity index (χ0) is 19.2. The van der Waals surface area contributed by atoms with Gasteiger partial charge in [0.05, 0.1) is 19.4 Å². The van der Waals surface area contributed by atoms with Gasteiger partial charge in [0.15, 0.2) is 0 Å². The van der Waals surface area contributed by atoms with Gasteiger partial charge >= 0.3 is 5.97 Å². The van der Waals surface area contributed by atoms with Crippen LogP contribution in [0.4, 0.5) is 5.69 Å². The maximum atomic E-state index is 12.4. The first-order chi connectivity index (χ1) is 13.1. The maximum Gasteiger partial charge on any atom is 0.350 e. The van der Waals surface area contributed by atoms with Crippen molar-refractivity contribution in [2.45, 2.75) is 6.92 Å². The molecule has 0 atom stereocenters. The van der Waals surface area contributed by atoms with Crippen LogP contribution in [0.5, 0.6) is 5.75 Å². The number of benzene rings is 1. The molecule has 1 amide bonds. The Labute approximate surface area is 160 Å². The summed E-state index contributed by atoms with van der Waals surface area (Å²) >= 11 is 1.26. The number of amides is 1. The Hall–Kier alpha value is -3.19. The summed E-state index contributed by atoms with van der Waals surface area (Å²) in [5.74, 6) is -0.122. The molecule has 1 N–H and O–H groups in total. The number of carbonyl (C=O) groups excluding carboxylic acids is 2. The quantitative estimate of drug-likeness (QED) is 0.645. The third-order valence-corrected chi connectivity index (χ3v) is 4.88. The summed E-state index contributed by atoms with van der Waals surface area (Å²) in [6, 6.07) is 14.3. The van der Waals surface area contributed by atoms with Crippen molar-refractivity contribution in [3.63, 3.8) is 0 Å². The average Bonchev–Trinajstić information content (AvgIpc) is 3.12. The second kappa shape index (κ2) is 8.46. The highest BCUT2D eigenvalue weighted by molar-refractivity contribution is 7.18. The monoisotopic (exact) mass is 382 g/mol. The van der Waals surface area contributed by atoms with E-state index in [9.17, 15) is 9.59 Å². The van der Waals surface area contributed by atoms with Gasteiger partial charge in [-0.1, -0.05) is 6.07 Å². The lowest BCUT2D eigenvalue weighted by molar-refractivity contribution is 0.0533. The van der Waals surface area contributed by atoms with Gasteiger partial charge in [0, 0.05) is 11.1 Å². The first-order valence-corrected chi connectivity index (χ1v) is 9.11. The highest BCUT2D eigenvalue weighted by Gasteiger charge is 2.20. The highest BCUT2D eigenvalue weighted by Crippen LogP contribution is 2.36. The molecule has 2 aromatic heterocycles. The molecule has 0 fully saturated rings. The molecule has 0 aliphatic rings. The molecule has 2 heterocycles. The summed E-state index contributed by atoms with van der Waals surface area (Å²) in [6.07, 6.45) is 1.54. The van der Waals surface area contributed by atoms with Crippen molar-refractivity contribution in [3.8, 4) is 16.2 Å². The predicted octanol–water partition coefficient (Wildman–Crippen LogP) is 4.25. The maximum absolute atomic E-state index is 12.4. The van der Waals surface area contributed by atoms with Crippen LogP contribution in [0.3, 0.4) is 0 Å². The normalized spacial score (nSPS) is 10.3. The van der Waals surface area contributed by atoms with Crippen molar-refractivity contribution >= 4 is 28.9 Å². The van der Waals surface area contributed by atoms with Crippen molar-refractivity contribution in [2.75, 3.05) is 19.0 Å². The van der Waals surface area contributed by atoms with E-state index in [1.807, 2.05) is 24.3 Å². The molecular formula is C20H18N2O4S. The minimum absolute atomic E-state index is 0.252. The van der Waals surface area contributed by atoms with Crippen molar-refractivity contribution in [3.05, 3.63) is 65.3 Å². The Balaban J connectivity index is 1.94. The predicted molar refractivity (Wildman–Crippen MR) is 104 cm³/mol. The van der Waals surface area contributed by atoms with E-state index in [0.29, 0.717) is 10.6 Å². The second-order valence-corrected chi connectivity index (χ2v) is 6.52. The number of anilines is 1. The first kappa shape index (κ1) is 18.6. The number of thiophene rings is 1. The Morgan fingerprint density at radius 2 is 1.93 bits per heavy atom. The van der Waals surface area contributed by atoms with Crippen molar-refractivity contribution in [1.29, 1.82) is 0 Å². The summed E-state index contributed by atoms with van der Waals surface area (Å²) in [4.78, 5) is 30.0. The van der Waals surface area contributed by atoms with E-state index < -0.39 is 5.97 Å². The molecule has 6 nitrogen and oxygen atoms in total. The van der Waals surface area contributed by atoms with Gasteiger partial charge in [-0.15, -0.1) is 11.3 Å². The summed E-state index contributed by atoms with van der Waals surface area (Å²) in [6.45, 7) is 1.99. The lowest BCUT2D eigenvalue weighted by Crippen LogP contribution is -2.15. The van der Waals surface area contributed by atoms with Crippen molar-refractivity contribution < 1.29 is 19.1 Å². The fraction of sp³-hybridized carbons (Fsp3) is 0.150. The number of carbonyl (C=O) groups is 2. The zero-order valence-corrected chi connectivity index (χ0v) is 15.7. The van der Waals surface area contributed by atoms with Crippen LogP contribution in [0.15, 0.2) is 54.7 Å². The molecule has 0 bridgehead atoms. The Morgan fingerprint density at radius 3 is 2.56 bits per heavy atom. The summed E-state index contributed by atoms with van der Waals surface area (Å²) < 4.78 is 10.3.